The van der Waals surface area contributed by atoms with Crippen LogP contribution in [0.15, 0.2) is 27.5 Å². The molecule has 6 heteroatoms. The number of aromatic nitrogens is 2. The zero-order valence-electron chi connectivity index (χ0n) is 13.5. The molecule has 0 spiro atoms. The van der Waals surface area contributed by atoms with E-state index in [9.17, 15) is 9.59 Å². The lowest BCUT2D eigenvalue weighted by atomic mass is 10.1. The topological polar surface area (TPSA) is 79.2 Å². The van der Waals surface area contributed by atoms with Gasteiger partial charge in [0.2, 0.25) is 5.56 Å². The number of carbonyl (C=O) groups is 1. The number of hydrogen-bond acceptors (Lipinski definition) is 4. The van der Waals surface area contributed by atoms with E-state index in [1.807, 2.05) is 0 Å². The molecule has 6 nitrogen and oxygen atoms in total. The zero-order valence-corrected chi connectivity index (χ0v) is 13.5. The summed E-state index contributed by atoms with van der Waals surface area (Å²) in [5, 5.41) is 0. The summed E-state index contributed by atoms with van der Waals surface area (Å²) in [7, 11) is 0. The first-order chi connectivity index (χ1) is 11.0. The number of nitrogens with one attached hydrogen (secondary N) is 1. The number of H-pyrrole nitrogens is 1. The number of rotatable bonds is 4. The molecule has 0 radical (unpaired) electrons. The predicted molar refractivity (Wildman–Crippen MR) is 85.2 cm³/mol. The van der Waals surface area contributed by atoms with Crippen LogP contribution in [-0.4, -0.2) is 27.3 Å². The molecule has 0 fully saturated rings. The van der Waals surface area contributed by atoms with Crippen LogP contribution in [0.5, 0.6) is 0 Å². The fourth-order valence-electron chi connectivity index (χ4n) is 2.67. The largest absolute Gasteiger partial charge is 0.445 e. The Hall–Kier alpha value is -2.37. The highest BCUT2D eigenvalue weighted by Gasteiger charge is 2.26. The lowest BCUT2D eigenvalue weighted by Crippen LogP contribution is -2.36. The van der Waals surface area contributed by atoms with Crippen LogP contribution in [0.25, 0.3) is 0 Å². The zero-order chi connectivity index (χ0) is 16.4. The Balaban J connectivity index is 1.71. The summed E-state index contributed by atoms with van der Waals surface area (Å²) in [6.07, 6.45) is 4.01. The summed E-state index contributed by atoms with van der Waals surface area (Å²) >= 11 is 0. The Morgan fingerprint density at radius 2 is 2.26 bits per heavy atom. The van der Waals surface area contributed by atoms with Gasteiger partial charge in [-0.05, 0) is 18.4 Å². The Bertz CT molecular complexity index is 740. The summed E-state index contributed by atoms with van der Waals surface area (Å²) in [6.45, 7) is 5.41. The third kappa shape index (κ3) is 3.52. The van der Waals surface area contributed by atoms with Crippen molar-refractivity contribution >= 4 is 5.91 Å². The molecule has 1 aliphatic rings. The maximum Gasteiger partial charge on any atom is 0.255 e. The van der Waals surface area contributed by atoms with Crippen LogP contribution in [0, 0.1) is 5.92 Å². The molecule has 2 aromatic heterocycles. The summed E-state index contributed by atoms with van der Waals surface area (Å²) in [4.78, 5) is 32.4. The average molecular weight is 315 g/mol. The highest BCUT2D eigenvalue weighted by atomic mass is 16.4. The molecule has 0 bridgehead atoms. The first kappa shape index (κ1) is 15.5. The second kappa shape index (κ2) is 6.40. The van der Waals surface area contributed by atoms with Gasteiger partial charge in [0.15, 0.2) is 5.89 Å². The fraction of sp³-hybridized carbons (Fsp3) is 0.471. The first-order valence-electron chi connectivity index (χ1n) is 7.98. The van der Waals surface area contributed by atoms with Crippen LogP contribution in [0.1, 0.15) is 48.0 Å². The molecule has 0 atom stereocenters. The van der Waals surface area contributed by atoms with Gasteiger partial charge in [-0.15, -0.1) is 0 Å². The molecule has 3 heterocycles. The smallest absolute Gasteiger partial charge is 0.255 e. The van der Waals surface area contributed by atoms with Gasteiger partial charge in [-0.3, -0.25) is 9.59 Å². The number of aryl methyl sites for hydroxylation is 1. The van der Waals surface area contributed by atoms with Gasteiger partial charge in [0, 0.05) is 31.6 Å². The Morgan fingerprint density at radius 1 is 1.43 bits per heavy atom. The van der Waals surface area contributed by atoms with Crippen LogP contribution in [0.4, 0.5) is 0 Å². The molecule has 1 N–H and O–H groups in total. The molecule has 0 unspecified atom stereocenters. The summed E-state index contributed by atoms with van der Waals surface area (Å²) < 4.78 is 5.81. The molecule has 3 rings (SSSR count). The molecule has 0 saturated carbocycles. The maximum absolute atomic E-state index is 12.5. The van der Waals surface area contributed by atoms with Gasteiger partial charge in [-0.2, -0.15) is 0 Å². The number of pyridine rings is 1. The highest BCUT2D eigenvalue weighted by Crippen LogP contribution is 2.22. The third-order valence-corrected chi connectivity index (χ3v) is 4.03. The van der Waals surface area contributed by atoms with E-state index in [0.29, 0.717) is 31.0 Å². The van der Waals surface area contributed by atoms with Crippen molar-refractivity contribution in [2.75, 3.05) is 6.54 Å². The average Bonchev–Trinajstić information content (AvgIpc) is 2.95. The van der Waals surface area contributed by atoms with Crippen molar-refractivity contribution in [2.45, 2.75) is 39.7 Å². The van der Waals surface area contributed by atoms with Crippen LogP contribution in [-0.2, 0) is 19.4 Å². The Morgan fingerprint density at radius 3 is 2.96 bits per heavy atom. The van der Waals surface area contributed by atoms with E-state index >= 15 is 0 Å². The van der Waals surface area contributed by atoms with E-state index in [1.54, 1.807) is 11.0 Å². The van der Waals surface area contributed by atoms with Crippen molar-refractivity contribution in [3.8, 4) is 0 Å². The van der Waals surface area contributed by atoms with E-state index < -0.39 is 0 Å². The lowest BCUT2D eigenvalue weighted by Gasteiger charge is -2.25. The monoisotopic (exact) mass is 315 g/mol. The Labute approximate surface area is 134 Å². The normalized spacial score (nSPS) is 14.1. The van der Waals surface area contributed by atoms with Gasteiger partial charge in [0.1, 0.15) is 11.5 Å². The van der Waals surface area contributed by atoms with Gasteiger partial charge in [-0.1, -0.05) is 13.8 Å². The lowest BCUT2D eigenvalue weighted by molar-refractivity contribution is 0.0727. The number of amides is 1. The minimum absolute atomic E-state index is 0.0985. The third-order valence-electron chi connectivity index (χ3n) is 4.03. The van der Waals surface area contributed by atoms with Crippen LogP contribution in [0.3, 0.4) is 0 Å². The summed E-state index contributed by atoms with van der Waals surface area (Å²) in [5.74, 6) is 2.17. The van der Waals surface area contributed by atoms with Crippen LogP contribution < -0.4 is 5.56 Å². The molecule has 23 heavy (non-hydrogen) atoms. The fourth-order valence-corrected chi connectivity index (χ4v) is 2.67. The summed E-state index contributed by atoms with van der Waals surface area (Å²) in [5.41, 5.74) is 1.12. The highest BCUT2D eigenvalue weighted by molar-refractivity contribution is 5.93. The minimum atomic E-state index is -0.214. The van der Waals surface area contributed by atoms with Crippen LogP contribution in [0.2, 0.25) is 0 Å². The molecule has 0 aromatic carbocycles. The van der Waals surface area contributed by atoms with Gasteiger partial charge in [0.25, 0.3) is 5.91 Å². The van der Waals surface area contributed by atoms with Gasteiger partial charge in [0.05, 0.1) is 12.1 Å². The van der Waals surface area contributed by atoms with Crippen molar-refractivity contribution in [1.29, 1.82) is 0 Å². The van der Waals surface area contributed by atoms with E-state index in [0.717, 1.165) is 30.2 Å². The van der Waals surface area contributed by atoms with Crippen molar-refractivity contribution in [3.05, 3.63) is 51.6 Å². The minimum Gasteiger partial charge on any atom is -0.445 e. The number of oxazole rings is 1. The number of fused-ring (bicyclic) bond motifs is 1. The standard InChI is InChI=1S/C17H21N3O3/c1-11(2)3-6-16-19-13-10-20(8-7-14(13)23-16)17(22)12-4-5-15(21)18-9-12/h4-5,9,11H,3,6-8,10H2,1-2H3,(H,18,21). The van der Waals surface area contributed by atoms with Crippen molar-refractivity contribution in [3.63, 3.8) is 0 Å². The van der Waals surface area contributed by atoms with E-state index in [1.165, 1.54) is 12.3 Å². The van der Waals surface area contributed by atoms with Crippen molar-refractivity contribution < 1.29 is 9.21 Å². The molecule has 1 aliphatic heterocycles. The SMILES string of the molecule is CC(C)CCc1nc2c(o1)CCN(C(=O)c1ccc(=O)[nH]c1)C2. The predicted octanol–water partition coefficient (Wildman–Crippen LogP) is 2.15. The van der Waals surface area contributed by atoms with Crippen molar-refractivity contribution in [1.82, 2.24) is 14.9 Å². The molecule has 122 valence electrons. The van der Waals surface area contributed by atoms with E-state index in [4.69, 9.17) is 4.42 Å². The van der Waals surface area contributed by atoms with Crippen molar-refractivity contribution in [2.24, 2.45) is 5.92 Å². The van der Waals surface area contributed by atoms with Crippen LogP contribution >= 0.6 is 0 Å². The Kier molecular flexibility index (Phi) is 4.32. The van der Waals surface area contributed by atoms with E-state index in [2.05, 4.69) is 23.8 Å². The molecular formula is C17H21N3O3. The number of nitrogens with zero attached hydrogens (tertiary/aromatic N) is 2. The number of carbonyl (C=O) groups excluding carboxylic acids is 1. The van der Waals surface area contributed by atoms with E-state index in [-0.39, 0.29) is 11.5 Å². The van der Waals surface area contributed by atoms with Gasteiger partial charge < -0.3 is 14.3 Å². The second-order valence-corrected chi connectivity index (χ2v) is 6.33. The second-order valence-electron chi connectivity index (χ2n) is 6.33. The molecule has 0 saturated heterocycles. The molecule has 1 amide bonds. The summed E-state index contributed by atoms with van der Waals surface area (Å²) in [6, 6.07) is 2.91. The molecule has 2 aromatic rings. The van der Waals surface area contributed by atoms with Gasteiger partial charge in [-0.25, -0.2) is 4.98 Å². The van der Waals surface area contributed by atoms with Gasteiger partial charge >= 0.3 is 0 Å². The molecular weight excluding hydrogens is 294 g/mol. The number of hydrogen-bond donors (Lipinski definition) is 1. The number of aromatic amines is 1. The quantitative estimate of drug-likeness (QED) is 0.937. The molecule has 0 aliphatic carbocycles. The maximum atomic E-state index is 12.5. The first-order valence-corrected chi connectivity index (χ1v) is 7.98.